The Morgan fingerprint density at radius 1 is 0.960 bits per heavy atom. The summed E-state index contributed by atoms with van der Waals surface area (Å²) in [6.07, 6.45) is 0. The zero-order valence-corrected chi connectivity index (χ0v) is 15.6. The molecule has 3 nitrogen and oxygen atoms in total. The number of rotatable bonds is 3. The first-order valence-corrected chi connectivity index (χ1v) is 9.23. The Hall–Kier alpha value is -2.14. The number of hydrogen-bond acceptors (Lipinski definition) is 4. The fourth-order valence-electron chi connectivity index (χ4n) is 2.59. The Kier molecular flexibility index (Phi) is 4.34. The summed E-state index contributed by atoms with van der Waals surface area (Å²) in [5, 5.41) is 5.47. The first-order chi connectivity index (χ1) is 12.1. The van der Waals surface area contributed by atoms with Crippen LogP contribution in [-0.4, -0.2) is 9.97 Å². The van der Waals surface area contributed by atoms with E-state index in [0.717, 1.165) is 32.2 Å². The SMILES string of the molecule is Cc1nc(Nc2cc(Cl)ccc2Cl)c2cc(-c3ccccc3)sc2n1. The Morgan fingerprint density at radius 3 is 2.56 bits per heavy atom. The van der Waals surface area contributed by atoms with E-state index in [1.54, 1.807) is 29.5 Å². The maximum Gasteiger partial charge on any atom is 0.142 e. The number of hydrogen-bond donors (Lipinski definition) is 1. The predicted octanol–water partition coefficient (Wildman–Crippen LogP) is 6.72. The molecule has 2 heterocycles. The van der Waals surface area contributed by atoms with E-state index in [2.05, 4.69) is 33.5 Å². The van der Waals surface area contributed by atoms with Gasteiger partial charge in [0.05, 0.1) is 16.1 Å². The molecule has 0 spiro atoms. The van der Waals surface area contributed by atoms with Gasteiger partial charge in [-0.1, -0.05) is 53.5 Å². The molecule has 4 aromatic rings. The van der Waals surface area contributed by atoms with Gasteiger partial charge in [-0.05, 0) is 36.8 Å². The zero-order chi connectivity index (χ0) is 17.4. The third-order valence-electron chi connectivity index (χ3n) is 3.74. The van der Waals surface area contributed by atoms with Gasteiger partial charge in [0.2, 0.25) is 0 Å². The first kappa shape index (κ1) is 16.3. The Balaban J connectivity index is 1.83. The largest absolute Gasteiger partial charge is 0.338 e. The van der Waals surface area contributed by atoms with Crippen LogP contribution in [0.5, 0.6) is 0 Å². The molecule has 0 bridgehead atoms. The standard InChI is InChI=1S/C19H13Cl2N3S/c1-11-22-18(24-16-9-13(20)7-8-15(16)21)14-10-17(25-19(14)23-11)12-5-3-2-4-6-12/h2-10H,1H3,(H,22,23,24). The van der Waals surface area contributed by atoms with E-state index in [1.165, 1.54) is 0 Å². The third-order valence-corrected chi connectivity index (χ3v) is 5.39. The lowest BCUT2D eigenvalue weighted by atomic mass is 10.2. The quantitative estimate of drug-likeness (QED) is 0.425. The van der Waals surface area contributed by atoms with Crippen LogP contribution in [0.25, 0.3) is 20.7 Å². The molecule has 0 unspecified atom stereocenters. The molecule has 2 aromatic carbocycles. The average molecular weight is 386 g/mol. The smallest absolute Gasteiger partial charge is 0.142 e. The molecule has 6 heteroatoms. The molecule has 0 aliphatic heterocycles. The number of aryl methyl sites for hydroxylation is 1. The number of benzene rings is 2. The predicted molar refractivity (Wildman–Crippen MR) is 107 cm³/mol. The Morgan fingerprint density at radius 2 is 1.76 bits per heavy atom. The van der Waals surface area contributed by atoms with Crippen molar-refractivity contribution in [2.75, 3.05) is 5.32 Å². The van der Waals surface area contributed by atoms with Crippen molar-refractivity contribution in [2.24, 2.45) is 0 Å². The molecule has 0 saturated heterocycles. The topological polar surface area (TPSA) is 37.8 Å². The van der Waals surface area contributed by atoms with Crippen LogP contribution in [0.1, 0.15) is 5.82 Å². The molecule has 0 aliphatic rings. The molecule has 0 atom stereocenters. The van der Waals surface area contributed by atoms with Crippen LogP contribution in [0, 0.1) is 6.92 Å². The number of anilines is 2. The minimum atomic E-state index is 0.590. The number of halogens is 2. The van der Waals surface area contributed by atoms with Crippen molar-refractivity contribution in [1.29, 1.82) is 0 Å². The zero-order valence-electron chi connectivity index (χ0n) is 13.3. The maximum atomic E-state index is 6.28. The van der Waals surface area contributed by atoms with Gasteiger partial charge >= 0.3 is 0 Å². The van der Waals surface area contributed by atoms with Crippen LogP contribution in [0.15, 0.2) is 54.6 Å². The second-order valence-corrected chi connectivity index (χ2v) is 7.44. The molecule has 0 saturated carbocycles. The highest BCUT2D eigenvalue weighted by Crippen LogP contribution is 2.37. The van der Waals surface area contributed by atoms with Gasteiger partial charge in [0.25, 0.3) is 0 Å². The normalized spacial score (nSPS) is 11.0. The third kappa shape index (κ3) is 3.33. The summed E-state index contributed by atoms with van der Waals surface area (Å²) in [7, 11) is 0. The molecule has 0 fully saturated rings. The van der Waals surface area contributed by atoms with Crippen molar-refractivity contribution in [3.05, 3.63) is 70.5 Å². The van der Waals surface area contributed by atoms with Crippen LogP contribution in [0.4, 0.5) is 11.5 Å². The summed E-state index contributed by atoms with van der Waals surface area (Å²) in [5.74, 6) is 1.43. The molecule has 0 amide bonds. The summed E-state index contributed by atoms with van der Waals surface area (Å²) in [4.78, 5) is 11.2. The molecule has 2 aromatic heterocycles. The Bertz CT molecular complexity index is 1060. The summed E-state index contributed by atoms with van der Waals surface area (Å²) in [6, 6.07) is 17.7. The fraction of sp³-hybridized carbons (Fsp3) is 0.0526. The van der Waals surface area contributed by atoms with E-state index < -0.39 is 0 Å². The van der Waals surface area contributed by atoms with Crippen LogP contribution in [0.2, 0.25) is 10.0 Å². The maximum absolute atomic E-state index is 6.28. The summed E-state index contributed by atoms with van der Waals surface area (Å²) >= 11 is 14.0. The molecular weight excluding hydrogens is 373 g/mol. The van der Waals surface area contributed by atoms with Gasteiger partial charge in [-0.3, -0.25) is 0 Å². The molecule has 124 valence electrons. The second kappa shape index (κ2) is 6.64. The van der Waals surface area contributed by atoms with Crippen molar-refractivity contribution in [3.8, 4) is 10.4 Å². The number of fused-ring (bicyclic) bond motifs is 1. The lowest BCUT2D eigenvalue weighted by molar-refractivity contribution is 1.10. The van der Waals surface area contributed by atoms with Crippen molar-refractivity contribution < 1.29 is 0 Å². The van der Waals surface area contributed by atoms with Crippen molar-refractivity contribution in [3.63, 3.8) is 0 Å². The molecule has 4 rings (SSSR count). The van der Waals surface area contributed by atoms with Gasteiger partial charge in [-0.25, -0.2) is 9.97 Å². The fourth-order valence-corrected chi connectivity index (χ4v) is 4.01. The van der Waals surface area contributed by atoms with E-state index in [1.807, 2.05) is 25.1 Å². The molecule has 0 radical (unpaired) electrons. The van der Waals surface area contributed by atoms with Crippen LogP contribution < -0.4 is 5.32 Å². The van der Waals surface area contributed by atoms with Crippen LogP contribution in [0.3, 0.4) is 0 Å². The Labute approximate surface area is 159 Å². The number of nitrogens with zero attached hydrogens (tertiary/aromatic N) is 2. The number of aromatic nitrogens is 2. The average Bonchev–Trinajstić information content (AvgIpc) is 3.03. The highest BCUT2D eigenvalue weighted by Gasteiger charge is 2.13. The lowest BCUT2D eigenvalue weighted by Crippen LogP contribution is -1.98. The molecule has 0 aliphatic carbocycles. The van der Waals surface area contributed by atoms with Gasteiger partial charge in [0.1, 0.15) is 16.5 Å². The van der Waals surface area contributed by atoms with Gasteiger partial charge in [0.15, 0.2) is 0 Å². The number of thiophene rings is 1. The van der Waals surface area contributed by atoms with Gasteiger partial charge in [0, 0.05) is 9.90 Å². The van der Waals surface area contributed by atoms with Crippen molar-refractivity contribution in [2.45, 2.75) is 6.92 Å². The molecular formula is C19H13Cl2N3S. The minimum Gasteiger partial charge on any atom is -0.338 e. The molecule has 1 N–H and O–H groups in total. The van der Waals surface area contributed by atoms with Crippen LogP contribution in [-0.2, 0) is 0 Å². The minimum absolute atomic E-state index is 0.590. The summed E-state index contributed by atoms with van der Waals surface area (Å²) < 4.78 is 0. The number of nitrogens with one attached hydrogen (secondary N) is 1. The van der Waals surface area contributed by atoms with Crippen LogP contribution >= 0.6 is 34.5 Å². The van der Waals surface area contributed by atoms with Crippen molar-refractivity contribution >= 4 is 56.3 Å². The summed E-state index contributed by atoms with van der Waals surface area (Å²) in [6.45, 7) is 1.88. The monoisotopic (exact) mass is 385 g/mol. The van der Waals surface area contributed by atoms with E-state index in [-0.39, 0.29) is 0 Å². The van der Waals surface area contributed by atoms with E-state index >= 15 is 0 Å². The highest BCUT2D eigenvalue weighted by atomic mass is 35.5. The van der Waals surface area contributed by atoms with Gasteiger partial charge in [-0.2, -0.15) is 0 Å². The van der Waals surface area contributed by atoms with E-state index in [4.69, 9.17) is 23.2 Å². The first-order valence-electron chi connectivity index (χ1n) is 7.66. The van der Waals surface area contributed by atoms with Gasteiger partial charge < -0.3 is 5.32 Å². The molecule has 25 heavy (non-hydrogen) atoms. The van der Waals surface area contributed by atoms with Gasteiger partial charge in [-0.15, -0.1) is 11.3 Å². The second-order valence-electron chi connectivity index (χ2n) is 5.56. The lowest BCUT2D eigenvalue weighted by Gasteiger charge is -2.09. The highest BCUT2D eigenvalue weighted by molar-refractivity contribution is 7.21. The van der Waals surface area contributed by atoms with E-state index in [0.29, 0.717) is 15.9 Å². The van der Waals surface area contributed by atoms with E-state index in [9.17, 15) is 0 Å². The van der Waals surface area contributed by atoms with Crippen molar-refractivity contribution in [1.82, 2.24) is 9.97 Å². The summed E-state index contributed by atoms with van der Waals surface area (Å²) in [5.41, 5.74) is 1.89.